The maximum absolute atomic E-state index is 11.7. The van der Waals surface area contributed by atoms with Gasteiger partial charge >= 0.3 is 12.1 Å². The van der Waals surface area contributed by atoms with Crippen LogP contribution in [0.15, 0.2) is 0 Å². The molecular weight excluding hydrogens is 258 g/mol. The molecule has 0 fully saturated rings. The lowest BCUT2D eigenvalue weighted by Gasteiger charge is -2.16. The molecule has 1 unspecified atom stereocenters. The third kappa shape index (κ3) is 8.05. The summed E-state index contributed by atoms with van der Waals surface area (Å²) in [7, 11) is 0.188. The number of carbonyl (C=O) groups excluding carboxylic acids is 2. The Morgan fingerprint density at radius 1 is 1.39 bits per heavy atom. The third-order valence-electron chi connectivity index (χ3n) is 2.20. The molecule has 0 saturated carbocycles. The predicted molar refractivity (Wildman–Crippen MR) is 68.7 cm³/mol. The zero-order chi connectivity index (χ0) is 14.0. The van der Waals surface area contributed by atoms with Crippen LogP contribution in [0, 0.1) is 0 Å². The fourth-order valence-corrected chi connectivity index (χ4v) is 1.72. The monoisotopic (exact) mass is 279 g/mol. The average molecular weight is 279 g/mol. The molecule has 1 N–H and O–H groups in total. The molecule has 7 heteroatoms. The highest BCUT2D eigenvalue weighted by Gasteiger charge is 2.22. The fourth-order valence-electron chi connectivity index (χ4n) is 1.15. The van der Waals surface area contributed by atoms with Crippen LogP contribution < -0.4 is 5.32 Å². The number of unbranched alkanes of at least 4 members (excludes halogenated alkanes) is 1. The molecule has 0 bridgehead atoms. The van der Waals surface area contributed by atoms with Gasteiger partial charge in [0.2, 0.25) is 0 Å². The zero-order valence-corrected chi connectivity index (χ0v) is 11.9. The van der Waals surface area contributed by atoms with Crippen LogP contribution in [0.2, 0.25) is 0 Å². The van der Waals surface area contributed by atoms with Crippen molar-refractivity contribution < 1.29 is 23.3 Å². The third-order valence-corrected chi connectivity index (χ3v) is 3.01. The molecule has 0 radical (unpaired) electrons. The van der Waals surface area contributed by atoms with Crippen LogP contribution >= 0.6 is 0 Å². The number of rotatable bonds is 8. The quantitative estimate of drug-likeness (QED) is 0.525. The largest absolute Gasteiger partial charge is 0.464 e. The number of methoxy groups -OCH3 is 1. The number of esters is 1. The van der Waals surface area contributed by atoms with E-state index in [1.165, 1.54) is 13.4 Å². The number of hydrogen-bond acceptors (Lipinski definition) is 5. The molecule has 0 saturated heterocycles. The van der Waals surface area contributed by atoms with Crippen LogP contribution in [-0.4, -0.2) is 48.0 Å². The fraction of sp³-hybridized carbons (Fsp3) is 0.818. The topological polar surface area (TPSA) is 81.7 Å². The SMILES string of the molecule is CCCCOC(=O)[C@@H](CCS(C)=O)NC(=O)OC. The minimum absolute atomic E-state index is 0.267. The molecule has 1 amide bonds. The van der Waals surface area contributed by atoms with Gasteiger partial charge in [0, 0.05) is 22.8 Å². The first-order chi connectivity index (χ1) is 8.51. The van der Waals surface area contributed by atoms with Gasteiger partial charge in [-0.3, -0.25) is 4.21 Å². The van der Waals surface area contributed by atoms with E-state index < -0.39 is 28.9 Å². The maximum Gasteiger partial charge on any atom is 0.407 e. The molecule has 0 aliphatic rings. The van der Waals surface area contributed by atoms with E-state index in [0.29, 0.717) is 12.4 Å². The van der Waals surface area contributed by atoms with E-state index in [2.05, 4.69) is 10.1 Å². The predicted octanol–water partition coefficient (Wildman–Crippen LogP) is 0.823. The van der Waals surface area contributed by atoms with Gasteiger partial charge in [0.25, 0.3) is 0 Å². The Hall–Kier alpha value is -1.11. The minimum Gasteiger partial charge on any atom is -0.464 e. The van der Waals surface area contributed by atoms with Gasteiger partial charge in [-0.1, -0.05) is 13.3 Å². The molecule has 106 valence electrons. The molecule has 0 spiro atoms. The van der Waals surface area contributed by atoms with Crippen LogP contribution in [0.3, 0.4) is 0 Å². The molecule has 0 aromatic rings. The van der Waals surface area contributed by atoms with Crippen LogP contribution in [0.4, 0.5) is 4.79 Å². The van der Waals surface area contributed by atoms with E-state index in [9.17, 15) is 13.8 Å². The van der Waals surface area contributed by atoms with E-state index >= 15 is 0 Å². The van der Waals surface area contributed by atoms with E-state index in [4.69, 9.17) is 4.74 Å². The van der Waals surface area contributed by atoms with Crippen LogP contribution in [0.1, 0.15) is 26.2 Å². The van der Waals surface area contributed by atoms with Crippen LogP contribution in [0.5, 0.6) is 0 Å². The van der Waals surface area contributed by atoms with Gasteiger partial charge in [0.15, 0.2) is 0 Å². The highest BCUT2D eigenvalue weighted by Crippen LogP contribution is 2.00. The molecule has 0 aliphatic carbocycles. The van der Waals surface area contributed by atoms with Crippen molar-refractivity contribution in [2.45, 2.75) is 32.2 Å². The average Bonchev–Trinajstić information content (AvgIpc) is 2.33. The summed E-state index contributed by atoms with van der Waals surface area (Å²) in [6.45, 7) is 2.31. The number of hydrogen-bond donors (Lipinski definition) is 1. The van der Waals surface area contributed by atoms with Gasteiger partial charge in [-0.05, 0) is 12.8 Å². The Morgan fingerprint density at radius 3 is 2.56 bits per heavy atom. The normalized spacial score (nSPS) is 13.5. The molecule has 0 heterocycles. The van der Waals surface area contributed by atoms with Crippen molar-refractivity contribution in [3.63, 3.8) is 0 Å². The summed E-state index contributed by atoms with van der Waals surface area (Å²) in [5, 5.41) is 2.38. The molecule has 18 heavy (non-hydrogen) atoms. The van der Waals surface area contributed by atoms with Gasteiger partial charge < -0.3 is 14.8 Å². The Morgan fingerprint density at radius 2 is 2.06 bits per heavy atom. The van der Waals surface area contributed by atoms with Gasteiger partial charge in [-0.15, -0.1) is 0 Å². The molecule has 0 aromatic carbocycles. The molecule has 0 aromatic heterocycles. The lowest BCUT2D eigenvalue weighted by Crippen LogP contribution is -2.42. The summed E-state index contributed by atoms with van der Waals surface area (Å²) in [5.74, 6) is -0.198. The lowest BCUT2D eigenvalue weighted by molar-refractivity contribution is -0.146. The zero-order valence-electron chi connectivity index (χ0n) is 11.1. The highest BCUT2D eigenvalue weighted by molar-refractivity contribution is 7.84. The van der Waals surface area contributed by atoms with Crippen LogP contribution in [-0.2, 0) is 25.1 Å². The standard InChI is InChI=1S/C11H21NO5S/c1-4-5-7-17-10(13)9(6-8-18(3)15)12-11(14)16-2/h9H,4-8H2,1-3H3,(H,12,14)/t9-,18?/m1/s1. The number of alkyl carbamates (subject to hydrolysis) is 1. The second kappa shape index (κ2) is 9.87. The minimum atomic E-state index is -1.03. The molecule has 0 rings (SSSR count). The summed E-state index contributed by atoms with van der Waals surface area (Å²) in [6.07, 6.45) is 2.80. The Balaban J connectivity index is 4.29. The number of amides is 1. The van der Waals surface area contributed by atoms with Crippen molar-refractivity contribution in [1.82, 2.24) is 5.32 Å². The van der Waals surface area contributed by atoms with E-state index in [1.54, 1.807) is 0 Å². The lowest BCUT2D eigenvalue weighted by atomic mass is 10.2. The van der Waals surface area contributed by atoms with Crippen LogP contribution in [0.25, 0.3) is 0 Å². The van der Waals surface area contributed by atoms with Gasteiger partial charge in [0.05, 0.1) is 13.7 Å². The Bertz CT molecular complexity index is 295. The highest BCUT2D eigenvalue weighted by atomic mass is 32.2. The first-order valence-corrected chi connectivity index (χ1v) is 7.55. The summed E-state index contributed by atoms with van der Waals surface area (Å²) in [5.41, 5.74) is 0. The Labute approximate surface area is 110 Å². The van der Waals surface area contributed by atoms with Crippen molar-refractivity contribution in [3.8, 4) is 0 Å². The van der Waals surface area contributed by atoms with Gasteiger partial charge in [-0.2, -0.15) is 0 Å². The van der Waals surface area contributed by atoms with Crippen molar-refractivity contribution >= 4 is 22.9 Å². The Kier molecular flexibility index (Phi) is 9.26. The smallest absolute Gasteiger partial charge is 0.407 e. The van der Waals surface area contributed by atoms with E-state index in [1.807, 2.05) is 6.92 Å². The number of nitrogens with one attached hydrogen (secondary N) is 1. The van der Waals surface area contributed by atoms with E-state index in [0.717, 1.165) is 12.8 Å². The summed E-state index contributed by atoms with van der Waals surface area (Å²) in [6, 6.07) is -0.807. The first kappa shape index (κ1) is 16.9. The van der Waals surface area contributed by atoms with Crippen molar-refractivity contribution in [2.24, 2.45) is 0 Å². The molecule has 6 nitrogen and oxygen atoms in total. The van der Waals surface area contributed by atoms with Crippen molar-refractivity contribution in [3.05, 3.63) is 0 Å². The van der Waals surface area contributed by atoms with Crippen molar-refractivity contribution in [2.75, 3.05) is 25.7 Å². The summed E-state index contributed by atoms with van der Waals surface area (Å²) >= 11 is 0. The first-order valence-electron chi connectivity index (χ1n) is 5.82. The molecular formula is C11H21NO5S. The molecule has 0 aliphatic heterocycles. The maximum atomic E-state index is 11.7. The number of ether oxygens (including phenoxy) is 2. The summed E-state index contributed by atoms with van der Waals surface area (Å²) < 4.78 is 20.4. The summed E-state index contributed by atoms with van der Waals surface area (Å²) in [4.78, 5) is 22.8. The second-order valence-corrected chi connectivity index (χ2v) is 5.33. The van der Waals surface area contributed by atoms with Gasteiger partial charge in [-0.25, -0.2) is 9.59 Å². The molecule has 2 atom stereocenters. The van der Waals surface area contributed by atoms with Gasteiger partial charge in [0.1, 0.15) is 6.04 Å². The van der Waals surface area contributed by atoms with Crippen molar-refractivity contribution in [1.29, 1.82) is 0 Å². The second-order valence-electron chi connectivity index (χ2n) is 3.78. The number of carbonyl (C=O) groups is 2. The van der Waals surface area contributed by atoms with E-state index in [-0.39, 0.29) is 6.42 Å².